The highest BCUT2D eigenvalue weighted by molar-refractivity contribution is 7.91. The first-order valence-electron chi connectivity index (χ1n) is 7.45. The molecular weight excluding hydrogens is 365 g/mol. The van der Waals surface area contributed by atoms with Gasteiger partial charge >= 0.3 is 6.18 Å². The molecular formula is C18H12F3N2O2S. The SMILES string of the molecule is O=S(=O)(c1[c]cc(Cc2cccnc2)cc1)c1ccc(C(F)(F)F)nc1. The first kappa shape index (κ1) is 18.1. The van der Waals surface area contributed by atoms with Crippen molar-refractivity contribution in [2.24, 2.45) is 0 Å². The Bertz CT molecular complexity index is 985. The highest BCUT2D eigenvalue weighted by Crippen LogP contribution is 2.29. The molecule has 3 aromatic rings. The van der Waals surface area contributed by atoms with E-state index in [0.717, 1.165) is 17.2 Å². The number of benzene rings is 1. The van der Waals surface area contributed by atoms with Crippen molar-refractivity contribution in [2.45, 2.75) is 22.4 Å². The molecule has 2 aromatic heterocycles. The third-order valence-electron chi connectivity index (χ3n) is 3.61. The number of halogens is 3. The third kappa shape index (κ3) is 3.91. The molecule has 1 aromatic carbocycles. The normalized spacial score (nSPS) is 12.1. The van der Waals surface area contributed by atoms with Crippen LogP contribution in [0.5, 0.6) is 0 Å². The molecule has 0 aliphatic rings. The van der Waals surface area contributed by atoms with Crippen LogP contribution in [0.2, 0.25) is 0 Å². The molecule has 2 heterocycles. The average molecular weight is 377 g/mol. The first-order chi connectivity index (χ1) is 12.3. The molecule has 1 radical (unpaired) electrons. The Kier molecular flexibility index (Phi) is 4.78. The van der Waals surface area contributed by atoms with Gasteiger partial charge in [0, 0.05) is 24.7 Å². The van der Waals surface area contributed by atoms with E-state index in [1.807, 2.05) is 6.07 Å². The summed E-state index contributed by atoms with van der Waals surface area (Å²) in [5.41, 5.74) is 0.651. The van der Waals surface area contributed by atoms with Crippen LogP contribution in [-0.4, -0.2) is 18.4 Å². The molecule has 8 heteroatoms. The maximum atomic E-state index is 12.5. The number of hydrogen-bond acceptors (Lipinski definition) is 4. The minimum absolute atomic E-state index is 0.131. The smallest absolute Gasteiger partial charge is 0.264 e. The molecule has 0 amide bonds. The molecule has 0 spiro atoms. The number of alkyl halides is 3. The van der Waals surface area contributed by atoms with Gasteiger partial charge in [0.1, 0.15) is 5.69 Å². The van der Waals surface area contributed by atoms with Gasteiger partial charge in [-0.15, -0.1) is 0 Å². The lowest BCUT2D eigenvalue weighted by Crippen LogP contribution is -2.09. The maximum Gasteiger partial charge on any atom is 0.433 e. The van der Waals surface area contributed by atoms with E-state index in [-0.39, 0.29) is 9.79 Å². The van der Waals surface area contributed by atoms with Gasteiger partial charge in [-0.2, -0.15) is 13.2 Å². The van der Waals surface area contributed by atoms with Crippen molar-refractivity contribution >= 4 is 9.84 Å². The van der Waals surface area contributed by atoms with Crippen molar-refractivity contribution in [3.63, 3.8) is 0 Å². The van der Waals surface area contributed by atoms with Gasteiger partial charge in [-0.1, -0.05) is 12.1 Å². The molecule has 0 N–H and O–H groups in total. The van der Waals surface area contributed by atoms with E-state index >= 15 is 0 Å². The van der Waals surface area contributed by atoms with Crippen LogP contribution < -0.4 is 0 Å². The second-order valence-electron chi connectivity index (χ2n) is 5.48. The van der Waals surface area contributed by atoms with Gasteiger partial charge in [-0.3, -0.25) is 9.97 Å². The Hall–Kier alpha value is -2.74. The fourth-order valence-electron chi connectivity index (χ4n) is 2.29. The van der Waals surface area contributed by atoms with Crippen molar-refractivity contribution in [3.05, 3.63) is 83.9 Å². The zero-order valence-corrected chi connectivity index (χ0v) is 14.1. The second-order valence-corrected chi connectivity index (χ2v) is 7.40. The summed E-state index contributed by atoms with van der Waals surface area (Å²) in [7, 11) is -3.99. The van der Waals surface area contributed by atoms with Gasteiger partial charge in [0.25, 0.3) is 0 Å². The predicted molar refractivity (Wildman–Crippen MR) is 87.0 cm³/mol. The largest absolute Gasteiger partial charge is 0.433 e. The van der Waals surface area contributed by atoms with Crippen molar-refractivity contribution in [1.29, 1.82) is 0 Å². The Morgan fingerprint density at radius 3 is 2.35 bits per heavy atom. The number of sulfone groups is 1. The highest BCUT2D eigenvalue weighted by atomic mass is 32.2. The molecule has 26 heavy (non-hydrogen) atoms. The van der Waals surface area contributed by atoms with Crippen molar-refractivity contribution < 1.29 is 21.6 Å². The van der Waals surface area contributed by atoms with Crippen LogP contribution in [0.15, 0.2) is 70.8 Å². The number of nitrogens with zero attached hydrogens (tertiary/aromatic N) is 2. The molecule has 0 aliphatic carbocycles. The van der Waals surface area contributed by atoms with Crippen LogP contribution in [0, 0.1) is 6.07 Å². The van der Waals surface area contributed by atoms with Crippen molar-refractivity contribution in [2.75, 3.05) is 0 Å². The van der Waals surface area contributed by atoms with Crippen LogP contribution >= 0.6 is 0 Å². The van der Waals surface area contributed by atoms with E-state index in [2.05, 4.69) is 16.0 Å². The minimum Gasteiger partial charge on any atom is -0.264 e. The molecule has 0 atom stereocenters. The Balaban J connectivity index is 1.83. The molecule has 0 aliphatic heterocycles. The van der Waals surface area contributed by atoms with Gasteiger partial charge in [0.15, 0.2) is 0 Å². The molecule has 0 bridgehead atoms. The number of rotatable bonds is 4. The van der Waals surface area contributed by atoms with Crippen LogP contribution in [-0.2, 0) is 22.4 Å². The maximum absolute atomic E-state index is 12.5. The quantitative estimate of drug-likeness (QED) is 0.695. The minimum atomic E-state index is -4.62. The Morgan fingerprint density at radius 1 is 1.00 bits per heavy atom. The van der Waals surface area contributed by atoms with E-state index in [9.17, 15) is 21.6 Å². The molecule has 133 valence electrons. The summed E-state index contributed by atoms with van der Waals surface area (Å²) in [5, 5.41) is 0. The second kappa shape index (κ2) is 6.87. The monoisotopic (exact) mass is 377 g/mol. The summed E-state index contributed by atoms with van der Waals surface area (Å²) in [6.45, 7) is 0. The number of aromatic nitrogens is 2. The average Bonchev–Trinajstić information content (AvgIpc) is 2.62. The molecule has 0 fully saturated rings. The van der Waals surface area contributed by atoms with Gasteiger partial charge in [0.05, 0.1) is 9.79 Å². The summed E-state index contributed by atoms with van der Waals surface area (Å²) in [5.74, 6) is 0. The first-order valence-corrected chi connectivity index (χ1v) is 8.93. The lowest BCUT2D eigenvalue weighted by molar-refractivity contribution is -0.141. The van der Waals surface area contributed by atoms with E-state index in [1.54, 1.807) is 24.5 Å². The lowest BCUT2D eigenvalue weighted by atomic mass is 10.1. The van der Waals surface area contributed by atoms with Crippen LogP contribution in [0.1, 0.15) is 16.8 Å². The molecule has 0 unspecified atom stereocenters. The Labute approximate surface area is 148 Å². The zero-order valence-electron chi connectivity index (χ0n) is 13.2. The van der Waals surface area contributed by atoms with Crippen LogP contribution in [0.3, 0.4) is 0 Å². The van der Waals surface area contributed by atoms with Crippen LogP contribution in [0.25, 0.3) is 0 Å². The fourth-order valence-corrected chi connectivity index (χ4v) is 3.45. The van der Waals surface area contributed by atoms with Gasteiger partial charge in [-0.05, 0) is 47.9 Å². The molecule has 0 saturated carbocycles. The van der Waals surface area contributed by atoms with E-state index in [1.165, 1.54) is 12.1 Å². The van der Waals surface area contributed by atoms with E-state index < -0.39 is 21.7 Å². The predicted octanol–water partition coefficient (Wildman–Crippen LogP) is 3.72. The van der Waals surface area contributed by atoms with Crippen molar-refractivity contribution in [3.8, 4) is 0 Å². The molecule has 3 rings (SSSR count). The van der Waals surface area contributed by atoms with Gasteiger partial charge in [-0.25, -0.2) is 8.42 Å². The number of pyridine rings is 2. The standard InChI is InChI=1S/C18H12F3N2O2S/c19-18(20,21)17-8-7-16(12-23-17)26(24,25)15-5-3-13(4-6-15)10-14-2-1-9-22-11-14/h1-5,7-9,11-12H,10H2. The molecule has 0 saturated heterocycles. The lowest BCUT2D eigenvalue weighted by Gasteiger charge is -2.08. The van der Waals surface area contributed by atoms with Gasteiger partial charge in [0.2, 0.25) is 9.84 Å². The number of hydrogen-bond donors (Lipinski definition) is 0. The fraction of sp³-hybridized carbons (Fsp3) is 0.111. The summed E-state index contributed by atoms with van der Waals surface area (Å²) in [6.07, 6.45) is 0.00628. The summed E-state index contributed by atoms with van der Waals surface area (Å²) in [6, 6.07) is 12.5. The third-order valence-corrected chi connectivity index (χ3v) is 5.30. The Morgan fingerprint density at radius 2 is 1.81 bits per heavy atom. The van der Waals surface area contributed by atoms with Gasteiger partial charge < -0.3 is 0 Å². The summed E-state index contributed by atoms with van der Waals surface area (Å²) in [4.78, 5) is 6.75. The summed E-state index contributed by atoms with van der Waals surface area (Å²) < 4.78 is 62.6. The zero-order chi connectivity index (χ0) is 18.8. The highest BCUT2D eigenvalue weighted by Gasteiger charge is 2.32. The molecule has 4 nitrogen and oxygen atoms in total. The van der Waals surface area contributed by atoms with E-state index in [0.29, 0.717) is 18.7 Å². The van der Waals surface area contributed by atoms with Crippen molar-refractivity contribution in [1.82, 2.24) is 9.97 Å². The van der Waals surface area contributed by atoms with Crippen LogP contribution in [0.4, 0.5) is 13.2 Å². The van der Waals surface area contributed by atoms with E-state index in [4.69, 9.17) is 0 Å². The summed E-state index contributed by atoms with van der Waals surface area (Å²) >= 11 is 0. The topological polar surface area (TPSA) is 59.9 Å².